The molecule has 0 spiro atoms. The Morgan fingerprint density at radius 2 is 1.94 bits per heavy atom. The maximum Gasteiger partial charge on any atom is 0.277 e. The van der Waals surface area contributed by atoms with Crippen molar-refractivity contribution in [2.24, 2.45) is 0 Å². The van der Waals surface area contributed by atoms with Crippen LogP contribution in [0.1, 0.15) is 76.7 Å². The molecule has 8 nitrogen and oxygen atoms in total. The molecular formula is C23H31ClN4O4S. The molecule has 0 saturated carbocycles. The lowest BCUT2D eigenvalue weighted by Gasteiger charge is -2.14. The summed E-state index contributed by atoms with van der Waals surface area (Å²) in [5.74, 6) is 1.49. The Labute approximate surface area is 198 Å². The van der Waals surface area contributed by atoms with Crippen LogP contribution in [0.5, 0.6) is 5.75 Å². The number of hydrogen-bond acceptors (Lipinski definition) is 6. The summed E-state index contributed by atoms with van der Waals surface area (Å²) in [4.78, 5) is 20.4. The molecule has 3 rings (SSSR count). The second kappa shape index (κ2) is 10.7. The predicted molar refractivity (Wildman–Crippen MR) is 130 cm³/mol. The van der Waals surface area contributed by atoms with E-state index < -0.39 is 9.05 Å². The summed E-state index contributed by atoms with van der Waals surface area (Å²) in [6.45, 7) is 8.26. The van der Waals surface area contributed by atoms with Crippen molar-refractivity contribution in [3.63, 3.8) is 0 Å². The van der Waals surface area contributed by atoms with Gasteiger partial charge in [-0.05, 0) is 44.9 Å². The molecule has 1 unspecified atom stereocenters. The van der Waals surface area contributed by atoms with Crippen molar-refractivity contribution in [1.29, 1.82) is 0 Å². The van der Waals surface area contributed by atoms with Crippen molar-refractivity contribution >= 4 is 25.2 Å². The minimum atomic E-state index is -3.98. The van der Waals surface area contributed by atoms with Gasteiger partial charge in [-0.25, -0.2) is 17.9 Å². The second-order valence-electron chi connectivity index (χ2n) is 8.10. The van der Waals surface area contributed by atoms with E-state index in [0.717, 1.165) is 31.5 Å². The smallest absolute Gasteiger partial charge is 0.277 e. The first-order valence-corrected chi connectivity index (χ1v) is 13.7. The number of nitrogens with zero attached hydrogens (tertiary/aromatic N) is 3. The number of imidazole rings is 1. The Hall–Kier alpha value is -2.39. The van der Waals surface area contributed by atoms with Crippen molar-refractivity contribution in [3.05, 3.63) is 40.1 Å². The molecule has 1 atom stereocenters. The summed E-state index contributed by atoms with van der Waals surface area (Å²) in [5, 5.41) is 4.69. The molecule has 1 aromatic carbocycles. The van der Waals surface area contributed by atoms with E-state index in [1.807, 2.05) is 6.92 Å². The number of nitrogens with one attached hydrogen (secondary N) is 1. The first kappa shape index (κ1) is 25.2. The molecule has 10 heteroatoms. The zero-order valence-electron chi connectivity index (χ0n) is 19.5. The molecular weight excluding hydrogens is 464 g/mol. The molecule has 1 N–H and O–H groups in total. The van der Waals surface area contributed by atoms with E-state index in [0.29, 0.717) is 29.1 Å². The fraction of sp³-hybridized carbons (Fsp3) is 0.522. The van der Waals surface area contributed by atoms with Gasteiger partial charge in [-0.2, -0.15) is 0 Å². The highest BCUT2D eigenvalue weighted by Crippen LogP contribution is 2.32. The topological polar surface area (TPSA) is 106 Å². The van der Waals surface area contributed by atoms with Gasteiger partial charge in [-0.1, -0.05) is 39.5 Å². The highest BCUT2D eigenvalue weighted by molar-refractivity contribution is 8.13. The summed E-state index contributed by atoms with van der Waals surface area (Å²) in [6.07, 6.45) is 6.44. The summed E-state index contributed by atoms with van der Waals surface area (Å²) in [5.41, 5.74) is 0.990. The lowest BCUT2D eigenvalue weighted by atomic mass is 9.97. The third-order valence-corrected chi connectivity index (χ3v) is 7.10. The van der Waals surface area contributed by atoms with Crippen molar-refractivity contribution in [3.8, 4) is 17.1 Å². The monoisotopic (exact) mass is 494 g/mol. The lowest BCUT2D eigenvalue weighted by molar-refractivity contribution is 0.341. The van der Waals surface area contributed by atoms with Crippen molar-refractivity contribution in [1.82, 2.24) is 19.6 Å². The minimum absolute atomic E-state index is 0.102. The summed E-state index contributed by atoms with van der Waals surface area (Å²) < 4.78 is 31.1. The fourth-order valence-electron chi connectivity index (χ4n) is 4.04. The second-order valence-corrected chi connectivity index (χ2v) is 10.7. The molecule has 0 aliphatic heterocycles. The van der Waals surface area contributed by atoms with E-state index in [-0.39, 0.29) is 22.2 Å². The standard InChI is InChI=1S/C23H31ClN4O4S/c1-5-8-9-10-11-16(6-2)22-25-15(4)20-23(29)26-21(27-28(20)22)18-14-17(33(24,30)31)12-13-19(18)32-7-3/h12-14,16H,5-11H2,1-4H3,(H,26,27,29). The Kier molecular flexibility index (Phi) is 8.18. The first-order chi connectivity index (χ1) is 15.7. The molecule has 180 valence electrons. The van der Waals surface area contributed by atoms with Crippen LogP contribution in [0.4, 0.5) is 0 Å². The molecule has 2 aromatic heterocycles. The van der Waals surface area contributed by atoms with Gasteiger partial charge in [0.2, 0.25) is 0 Å². The van der Waals surface area contributed by atoms with E-state index in [1.165, 1.54) is 31.0 Å². The molecule has 3 aromatic rings. The van der Waals surface area contributed by atoms with Crippen molar-refractivity contribution in [2.75, 3.05) is 6.61 Å². The quantitative estimate of drug-likeness (QED) is 0.290. The Morgan fingerprint density at radius 3 is 2.58 bits per heavy atom. The number of fused-ring (bicyclic) bond motifs is 1. The number of aromatic amines is 1. The van der Waals surface area contributed by atoms with Gasteiger partial charge in [-0.15, -0.1) is 5.10 Å². The summed E-state index contributed by atoms with van der Waals surface area (Å²) in [7, 11) is 1.58. The number of benzene rings is 1. The number of ether oxygens (including phenoxy) is 1. The molecule has 2 heterocycles. The Morgan fingerprint density at radius 1 is 1.18 bits per heavy atom. The first-order valence-electron chi connectivity index (χ1n) is 11.4. The van der Waals surface area contributed by atoms with Crippen LogP contribution in [-0.2, 0) is 9.05 Å². The van der Waals surface area contributed by atoms with E-state index in [9.17, 15) is 13.2 Å². The largest absolute Gasteiger partial charge is 0.493 e. The van der Waals surface area contributed by atoms with Gasteiger partial charge < -0.3 is 9.72 Å². The maximum atomic E-state index is 13.0. The van der Waals surface area contributed by atoms with Crippen molar-refractivity contribution in [2.45, 2.75) is 77.0 Å². The normalized spacial score (nSPS) is 12.9. The average Bonchev–Trinajstić information content (AvgIpc) is 3.10. The zero-order valence-corrected chi connectivity index (χ0v) is 21.1. The van der Waals surface area contributed by atoms with Gasteiger partial charge in [-0.3, -0.25) is 4.79 Å². The van der Waals surface area contributed by atoms with Crippen LogP contribution in [-0.4, -0.2) is 34.6 Å². The summed E-state index contributed by atoms with van der Waals surface area (Å²) >= 11 is 0. The number of hydrogen-bond donors (Lipinski definition) is 1. The molecule has 0 amide bonds. The minimum Gasteiger partial charge on any atom is -0.493 e. The summed E-state index contributed by atoms with van der Waals surface area (Å²) in [6, 6.07) is 4.24. The van der Waals surface area contributed by atoms with E-state index in [4.69, 9.17) is 20.4 Å². The number of unbranched alkanes of at least 4 members (excludes halogenated alkanes) is 3. The third-order valence-electron chi connectivity index (χ3n) is 5.75. The van der Waals surface area contributed by atoms with Crippen LogP contribution >= 0.6 is 10.7 Å². The van der Waals surface area contributed by atoms with Crippen LogP contribution in [0, 0.1) is 6.92 Å². The molecule has 0 fully saturated rings. The average molecular weight is 495 g/mol. The van der Waals surface area contributed by atoms with Gasteiger partial charge in [0.05, 0.1) is 22.8 Å². The van der Waals surface area contributed by atoms with E-state index in [1.54, 1.807) is 11.4 Å². The number of rotatable bonds is 11. The SMILES string of the molecule is CCCCCCC(CC)c1nc(C)c2c(=O)[nH]c(-c3cc(S(=O)(=O)Cl)ccc3OCC)nn12. The number of aromatic nitrogens is 4. The number of H-pyrrole nitrogens is 1. The lowest BCUT2D eigenvalue weighted by Crippen LogP contribution is -2.17. The maximum absolute atomic E-state index is 13.0. The van der Waals surface area contributed by atoms with Crippen molar-refractivity contribution < 1.29 is 13.2 Å². The Bertz CT molecular complexity index is 1280. The van der Waals surface area contributed by atoms with Crippen LogP contribution in [0.25, 0.3) is 16.9 Å². The number of halogens is 1. The molecule has 33 heavy (non-hydrogen) atoms. The van der Waals surface area contributed by atoms with Gasteiger partial charge in [0, 0.05) is 16.6 Å². The van der Waals surface area contributed by atoms with Gasteiger partial charge in [0.25, 0.3) is 14.6 Å². The van der Waals surface area contributed by atoms with Gasteiger partial charge in [0.1, 0.15) is 11.6 Å². The predicted octanol–water partition coefficient (Wildman–Crippen LogP) is 5.18. The highest BCUT2D eigenvalue weighted by Gasteiger charge is 2.23. The molecule has 0 aliphatic rings. The van der Waals surface area contributed by atoms with Gasteiger partial charge in [0.15, 0.2) is 11.3 Å². The van der Waals surface area contributed by atoms with Crippen LogP contribution < -0.4 is 10.3 Å². The van der Waals surface area contributed by atoms with Crippen LogP contribution in [0.3, 0.4) is 0 Å². The molecule has 0 radical (unpaired) electrons. The molecule has 0 bridgehead atoms. The molecule has 0 saturated heterocycles. The van der Waals surface area contributed by atoms with E-state index in [2.05, 4.69) is 23.9 Å². The highest BCUT2D eigenvalue weighted by atomic mass is 35.7. The Balaban J connectivity index is 2.17. The van der Waals surface area contributed by atoms with Crippen LogP contribution in [0.15, 0.2) is 27.9 Å². The number of aryl methyl sites for hydroxylation is 1. The third kappa shape index (κ3) is 5.58. The van der Waals surface area contributed by atoms with Crippen LogP contribution in [0.2, 0.25) is 0 Å². The zero-order chi connectivity index (χ0) is 24.2. The van der Waals surface area contributed by atoms with Gasteiger partial charge >= 0.3 is 0 Å². The molecule has 0 aliphatic carbocycles. The van der Waals surface area contributed by atoms with E-state index >= 15 is 0 Å². The fourth-order valence-corrected chi connectivity index (χ4v) is 4.82.